The summed E-state index contributed by atoms with van der Waals surface area (Å²) in [5, 5.41) is 5.16. The van der Waals surface area contributed by atoms with E-state index < -0.39 is 23.8 Å². The van der Waals surface area contributed by atoms with Crippen molar-refractivity contribution in [2.24, 2.45) is 0 Å². The number of ether oxygens (including phenoxy) is 1. The number of esters is 1. The van der Waals surface area contributed by atoms with Crippen LogP contribution >= 0.6 is 0 Å². The molecule has 0 fully saturated rings. The van der Waals surface area contributed by atoms with Gasteiger partial charge in [0.15, 0.2) is 5.76 Å². The van der Waals surface area contributed by atoms with E-state index in [4.69, 9.17) is 4.42 Å². The molecular weight excluding hydrogens is 312 g/mol. The molecule has 0 aliphatic rings. The lowest BCUT2D eigenvalue weighted by molar-refractivity contribution is -0.141. The van der Waals surface area contributed by atoms with Gasteiger partial charge in [-0.2, -0.15) is 0 Å². The summed E-state index contributed by atoms with van der Waals surface area (Å²) in [4.78, 5) is 35.3. The zero-order valence-electron chi connectivity index (χ0n) is 13.2. The molecule has 2 aromatic rings. The average Bonchev–Trinajstić information content (AvgIpc) is 3.14. The largest absolute Gasteiger partial charge is 0.469 e. The van der Waals surface area contributed by atoms with E-state index in [1.807, 2.05) is 18.2 Å². The van der Waals surface area contributed by atoms with Gasteiger partial charge in [-0.15, -0.1) is 0 Å². The van der Waals surface area contributed by atoms with Crippen molar-refractivity contribution in [2.75, 3.05) is 13.7 Å². The molecule has 7 nitrogen and oxygen atoms in total. The Balaban J connectivity index is 1.94. The second-order valence-corrected chi connectivity index (χ2v) is 4.97. The highest BCUT2D eigenvalue weighted by Gasteiger charge is 2.19. The average molecular weight is 330 g/mol. The van der Waals surface area contributed by atoms with Crippen LogP contribution in [0.15, 0.2) is 53.1 Å². The van der Waals surface area contributed by atoms with Gasteiger partial charge in [0.2, 0.25) is 5.91 Å². The predicted molar refractivity (Wildman–Crippen MR) is 85.0 cm³/mol. The van der Waals surface area contributed by atoms with Crippen LogP contribution in [0.4, 0.5) is 0 Å². The number of amides is 2. The summed E-state index contributed by atoms with van der Waals surface area (Å²) in [6.45, 7) is -0.232. The molecule has 2 rings (SSSR count). The zero-order valence-corrected chi connectivity index (χ0v) is 13.2. The molecule has 2 amide bonds. The fraction of sp³-hybridized carbons (Fsp3) is 0.235. The SMILES string of the molecule is COC(=O)CC(NC(=O)CNC(=O)c1ccco1)c1ccccc1. The lowest BCUT2D eigenvalue weighted by Gasteiger charge is -2.18. The van der Waals surface area contributed by atoms with E-state index in [0.717, 1.165) is 5.56 Å². The molecular formula is C17H18N2O5. The number of carbonyl (C=O) groups is 3. The fourth-order valence-corrected chi connectivity index (χ4v) is 2.09. The Morgan fingerprint density at radius 1 is 1.12 bits per heavy atom. The lowest BCUT2D eigenvalue weighted by Crippen LogP contribution is -2.39. The molecule has 1 unspecified atom stereocenters. The van der Waals surface area contributed by atoms with E-state index in [9.17, 15) is 14.4 Å². The highest BCUT2D eigenvalue weighted by molar-refractivity contribution is 5.94. The standard InChI is InChI=1S/C17H18N2O5/c1-23-16(21)10-13(12-6-3-2-4-7-12)19-15(20)11-18-17(22)14-8-5-9-24-14/h2-9,13H,10-11H2,1H3,(H,18,22)(H,19,20). The molecule has 0 saturated carbocycles. The van der Waals surface area contributed by atoms with Gasteiger partial charge in [0.1, 0.15) is 0 Å². The number of furan rings is 1. The van der Waals surface area contributed by atoms with Gasteiger partial charge in [-0.25, -0.2) is 0 Å². The summed E-state index contributed by atoms with van der Waals surface area (Å²) in [7, 11) is 1.29. The molecule has 0 radical (unpaired) electrons. The maximum Gasteiger partial charge on any atom is 0.307 e. The van der Waals surface area contributed by atoms with Gasteiger partial charge in [-0.05, 0) is 17.7 Å². The Hall–Kier alpha value is -3.09. The van der Waals surface area contributed by atoms with Crippen LogP contribution in [0.2, 0.25) is 0 Å². The van der Waals surface area contributed by atoms with Gasteiger partial charge in [-0.1, -0.05) is 30.3 Å². The maximum absolute atomic E-state index is 12.1. The first-order valence-electron chi connectivity index (χ1n) is 7.33. The third-order valence-electron chi connectivity index (χ3n) is 3.29. The Morgan fingerprint density at radius 2 is 1.88 bits per heavy atom. The second-order valence-electron chi connectivity index (χ2n) is 4.97. The molecule has 1 aromatic heterocycles. The third kappa shape index (κ3) is 4.98. The van der Waals surface area contributed by atoms with Crippen LogP contribution in [0, 0.1) is 0 Å². The first kappa shape index (κ1) is 17.3. The molecule has 1 heterocycles. The fourth-order valence-electron chi connectivity index (χ4n) is 2.09. The smallest absolute Gasteiger partial charge is 0.307 e. The molecule has 0 aliphatic heterocycles. The van der Waals surface area contributed by atoms with Crippen LogP contribution in [-0.2, 0) is 14.3 Å². The third-order valence-corrected chi connectivity index (χ3v) is 3.29. The van der Waals surface area contributed by atoms with Gasteiger partial charge < -0.3 is 19.8 Å². The van der Waals surface area contributed by atoms with E-state index in [1.165, 1.54) is 19.4 Å². The van der Waals surface area contributed by atoms with Crippen molar-refractivity contribution in [1.29, 1.82) is 0 Å². The molecule has 1 aromatic carbocycles. The number of nitrogens with one attached hydrogen (secondary N) is 2. The number of hydrogen-bond donors (Lipinski definition) is 2. The van der Waals surface area contributed by atoms with Gasteiger partial charge in [0.25, 0.3) is 5.91 Å². The summed E-state index contributed by atoms with van der Waals surface area (Å²) in [6, 6.07) is 11.6. The van der Waals surface area contributed by atoms with E-state index >= 15 is 0 Å². The monoisotopic (exact) mass is 330 g/mol. The normalized spacial score (nSPS) is 11.4. The minimum atomic E-state index is -0.535. The summed E-state index contributed by atoms with van der Waals surface area (Å²) >= 11 is 0. The maximum atomic E-state index is 12.1. The van der Waals surface area contributed by atoms with Gasteiger partial charge >= 0.3 is 5.97 Å². The van der Waals surface area contributed by atoms with Crippen molar-refractivity contribution in [1.82, 2.24) is 10.6 Å². The number of rotatable bonds is 7. The second kappa shape index (κ2) is 8.52. The minimum absolute atomic E-state index is 0.00160. The number of methoxy groups -OCH3 is 1. The molecule has 0 saturated heterocycles. The van der Waals surface area contributed by atoms with Crippen molar-refractivity contribution >= 4 is 17.8 Å². The first-order valence-corrected chi connectivity index (χ1v) is 7.33. The molecule has 0 spiro atoms. The van der Waals surface area contributed by atoms with Crippen LogP contribution in [0.25, 0.3) is 0 Å². The summed E-state index contributed by atoms with van der Waals surface area (Å²) in [5.41, 5.74) is 0.772. The molecule has 24 heavy (non-hydrogen) atoms. The van der Waals surface area contributed by atoms with Crippen LogP contribution in [0.3, 0.4) is 0 Å². The molecule has 0 bridgehead atoms. The van der Waals surface area contributed by atoms with Crippen LogP contribution in [0.1, 0.15) is 28.6 Å². The number of hydrogen-bond acceptors (Lipinski definition) is 5. The van der Waals surface area contributed by atoms with E-state index in [-0.39, 0.29) is 18.7 Å². The van der Waals surface area contributed by atoms with E-state index in [1.54, 1.807) is 18.2 Å². The lowest BCUT2D eigenvalue weighted by atomic mass is 10.0. The summed E-state index contributed by atoms with van der Waals surface area (Å²) in [6.07, 6.45) is 1.37. The van der Waals surface area contributed by atoms with Gasteiger partial charge in [0, 0.05) is 0 Å². The summed E-state index contributed by atoms with van der Waals surface area (Å²) < 4.78 is 9.60. The quantitative estimate of drug-likeness (QED) is 0.749. The Kier molecular flexibility index (Phi) is 6.13. The van der Waals surface area contributed by atoms with Crippen molar-refractivity contribution in [3.8, 4) is 0 Å². The number of benzene rings is 1. The van der Waals surface area contributed by atoms with Gasteiger partial charge in [0.05, 0.1) is 32.4 Å². The van der Waals surface area contributed by atoms with Crippen molar-refractivity contribution in [3.05, 3.63) is 60.1 Å². The van der Waals surface area contributed by atoms with Crippen molar-refractivity contribution in [3.63, 3.8) is 0 Å². The highest BCUT2D eigenvalue weighted by Crippen LogP contribution is 2.16. The molecule has 7 heteroatoms. The minimum Gasteiger partial charge on any atom is -0.469 e. The number of carbonyl (C=O) groups excluding carboxylic acids is 3. The molecule has 126 valence electrons. The topological polar surface area (TPSA) is 97.6 Å². The zero-order chi connectivity index (χ0) is 17.4. The van der Waals surface area contributed by atoms with Crippen LogP contribution < -0.4 is 10.6 Å². The van der Waals surface area contributed by atoms with Gasteiger partial charge in [-0.3, -0.25) is 14.4 Å². The molecule has 0 aliphatic carbocycles. The predicted octanol–water partition coefficient (Wildman–Crippen LogP) is 1.43. The Morgan fingerprint density at radius 3 is 2.50 bits per heavy atom. The van der Waals surface area contributed by atoms with E-state index in [0.29, 0.717) is 0 Å². The first-order chi connectivity index (χ1) is 11.6. The Bertz CT molecular complexity index is 682. The summed E-state index contributed by atoms with van der Waals surface area (Å²) in [5.74, 6) is -1.23. The van der Waals surface area contributed by atoms with Crippen LogP contribution in [-0.4, -0.2) is 31.4 Å². The molecule has 2 N–H and O–H groups in total. The Labute approximate surface area is 139 Å². The van der Waals surface area contributed by atoms with E-state index in [2.05, 4.69) is 15.4 Å². The van der Waals surface area contributed by atoms with Crippen molar-refractivity contribution < 1.29 is 23.5 Å². The molecule has 1 atom stereocenters. The van der Waals surface area contributed by atoms with Crippen molar-refractivity contribution in [2.45, 2.75) is 12.5 Å². The van der Waals surface area contributed by atoms with Crippen LogP contribution in [0.5, 0.6) is 0 Å². The highest BCUT2D eigenvalue weighted by atomic mass is 16.5.